The molecule has 7 aromatic carbocycles. The van der Waals surface area contributed by atoms with E-state index in [0.29, 0.717) is 0 Å². The lowest BCUT2D eigenvalue weighted by Gasteiger charge is -2.12. The number of thiophene rings is 1. The lowest BCUT2D eigenvalue weighted by atomic mass is 10.0. The zero-order valence-corrected chi connectivity index (χ0v) is 26.7. The van der Waals surface area contributed by atoms with Crippen molar-refractivity contribution in [2.45, 2.75) is 0 Å². The lowest BCUT2D eigenvalue weighted by molar-refractivity contribution is 1.18. The smallest absolute Gasteiger partial charge is 0.160 e. The summed E-state index contributed by atoms with van der Waals surface area (Å²) in [5.74, 6) is 0.719. The molecule has 10 rings (SSSR count). The van der Waals surface area contributed by atoms with Crippen molar-refractivity contribution in [2.75, 3.05) is 0 Å². The van der Waals surface area contributed by atoms with E-state index in [-0.39, 0.29) is 0 Å². The molecule has 3 nitrogen and oxygen atoms in total. The van der Waals surface area contributed by atoms with Crippen LogP contribution in [0.1, 0.15) is 0 Å². The molecule has 0 saturated carbocycles. The molecule has 0 aliphatic carbocycles. The van der Waals surface area contributed by atoms with Crippen LogP contribution >= 0.6 is 11.3 Å². The van der Waals surface area contributed by atoms with Crippen molar-refractivity contribution in [3.63, 3.8) is 0 Å². The molecule has 48 heavy (non-hydrogen) atoms. The standard InChI is InChI=1S/C44H27N3S/c1-2-10-28(11-3-1)29-18-20-30(21-19-29)43-35-14-4-7-15-38(35)45-44(46-43)31-22-24-32(25-23-31)47-39-16-8-5-12-33(39)36-27-42-37(26-40(36)47)34-13-6-9-17-41(34)48-42/h1-27H. The third kappa shape index (κ3) is 4.27. The summed E-state index contributed by atoms with van der Waals surface area (Å²) in [6.45, 7) is 0. The van der Waals surface area contributed by atoms with Gasteiger partial charge in [0.05, 0.1) is 22.2 Å². The minimum absolute atomic E-state index is 0.719. The maximum atomic E-state index is 5.18. The molecular formula is C44H27N3S. The fourth-order valence-corrected chi connectivity index (χ4v) is 8.23. The van der Waals surface area contributed by atoms with Crippen molar-refractivity contribution in [1.29, 1.82) is 0 Å². The molecule has 3 heterocycles. The summed E-state index contributed by atoms with van der Waals surface area (Å²) in [6.07, 6.45) is 0. The van der Waals surface area contributed by atoms with E-state index in [9.17, 15) is 0 Å². The molecule has 0 unspecified atom stereocenters. The number of hydrogen-bond donors (Lipinski definition) is 0. The van der Waals surface area contributed by atoms with Gasteiger partial charge in [-0.2, -0.15) is 0 Å². The molecule has 0 amide bonds. The van der Waals surface area contributed by atoms with E-state index in [1.54, 1.807) is 0 Å². The van der Waals surface area contributed by atoms with Crippen LogP contribution in [0.2, 0.25) is 0 Å². The number of benzene rings is 7. The molecule has 224 valence electrons. The van der Waals surface area contributed by atoms with Gasteiger partial charge in [0.15, 0.2) is 5.82 Å². The van der Waals surface area contributed by atoms with Gasteiger partial charge >= 0.3 is 0 Å². The SMILES string of the molecule is c1ccc(-c2ccc(-c3nc(-c4ccc(-n5c6ccccc6c6cc7sc8ccccc8c7cc65)cc4)nc4ccccc34)cc2)cc1. The molecule has 0 fully saturated rings. The van der Waals surface area contributed by atoms with Crippen molar-refractivity contribution in [3.05, 3.63) is 164 Å². The Morgan fingerprint density at radius 2 is 1.04 bits per heavy atom. The molecule has 0 bridgehead atoms. The number of aromatic nitrogens is 3. The highest BCUT2D eigenvalue weighted by molar-refractivity contribution is 7.25. The van der Waals surface area contributed by atoms with E-state index in [4.69, 9.17) is 9.97 Å². The quantitative estimate of drug-likeness (QED) is 0.194. The van der Waals surface area contributed by atoms with Gasteiger partial charge in [0.25, 0.3) is 0 Å². The fourth-order valence-electron chi connectivity index (χ4n) is 7.10. The maximum absolute atomic E-state index is 5.18. The maximum Gasteiger partial charge on any atom is 0.160 e. The second-order valence-corrected chi connectivity index (χ2v) is 13.3. The molecule has 0 radical (unpaired) electrons. The van der Waals surface area contributed by atoms with Gasteiger partial charge in [-0.15, -0.1) is 11.3 Å². The first-order valence-electron chi connectivity index (χ1n) is 16.2. The van der Waals surface area contributed by atoms with E-state index in [1.807, 2.05) is 23.5 Å². The molecular weight excluding hydrogens is 603 g/mol. The van der Waals surface area contributed by atoms with E-state index >= 15 is 0 Å². The number of para-hydroxylation sites is 2. The van der Waals surface area contributed by atoms with Crippen LogP contribution in [0, 0.1) is 0 Å². The fraction of sp³-hybridized carbons (Fsp3) is 0. The van der Waals surface area contributed by atoms with Gasteiger partial charge in [-0.05, 0) is 65.7 Å². The first-order chi connectivity index (χ1) is 23.8. The molecule has 0 aliphatic heterocycles. The highest BCUT2D eigenvalue weighted by atomic mass is 32.1. The molecule has 0 aliphatic rings. The van der Waals surface area contributed by atoms with E-state index in [1.165, 1.54) is 53.1 Å². The molecule has 0 N–H and O–H groups in total. The molecule has 4 heteroatoms. The highest BCUT2D eigenvalue weighted by Gasteiger charge is 2.16. The van der Waals surface area contributed by atoms with Crippen LogP contribution in [0.15, 0.2) is 164 Å². The van der Waals surface area contributed by atoms with Crippen LogP contribution in [0.4, 0.5) is 0 Å². The minimum atomic E-state index is 0.719. The second kappa shape index (κ2) is 10.7. The zero-order valence-electron chi connectivity index (χ0n) is 25.8. The summed E-state index contributed by atoms with van der Waals surface area (Å²) in [5.41, 5.74) is 9.84. The molecule has 0 atom stereocenters. The molecule has 0 spiro atoms. The number of hydrogen-bond acceptors (Lipinski definition) is 3. The van der Waals surface area contributed by atoms with Gasteiger partial charge in [-0.1, -0.05) is 109 Å². The second-order valence-electron chi connectivity index (χ2n) is 12.2. The summed E-state index contributed by atoms with van der Waals surface area (Å²) < 4.78 is 5.03. The third-order valence-corrected chi connectivity index (χ3v) is 10.6. The van der Waals surface area contributed by atoms with Gasteiger partial charge in [0.1, 0.15) is 0 Å². The van der Waals surface area contributed by atoms with Crippen LogP contribution < -0.4 is 0 Å². The monoisotopic (exact) mass is 629 g/mol. The van der Waals surface area contributed by atoms with E-state index < -0.39 is 0 Å². The first-order valence-corrected chi connectivity index (χ1v) is 17.0. The van der Waals surface area contributed by atoms with Crippen molar-refractivity contribution >= 4 is 64.2 Å². The Bertz CT molecular complexity index is 2810. The Hall–Kier alpha value is -6.10. The average Bonchev–Trinajstić information content (AvgIpc) is 3.69. The summed E-state index contributed by atoms with van der Waals surface area (Å²) in [6, 6.07) is 58.3. The first kappa shape index (κ1) is 27.1. The topological polar surface area (TPSA) is 30.7 Å². The van der Waals surface area contributed by atoms with Gasteiger partial charge in [0.2, 0.25) is 0 Å². The van der Waals surface area contributed by atoms with Crippen LogP contribution in [0.3, 0.4) is 0 Å². The lowest BCUT2D eigenvalue weighted by Crippen LogP contribution is -1.97. The largest absolute Gasteiger partial charge is 0.309 e. The highest BCUT2D eigenvalue weighted by Crippen LogP contribution is 2.41. The molecule has 10 aromatic rings. The Labute approximate surface area is 281 Å². The van der Waals surface area contributed by atoms with Gasteiger partial charge in [-0.3, -0.25) is 0 Å². The predicted molar refractivity (Wildman–Crippen MR) is 203 cm³/mol. The number of rotatable bonds is 4. The van der Waals surface area contributed by atoms with Gasteiger partial charge in [0, 0.05) is 53.1 Å². The Morgan fingerprint density at radius 3 is 1.88 bits per heavy atom. The van der Waals surface area contributed by atoms with Gasteiger partial charge < -0.3 is 4.57 Å². The molecule has 3 aromatic heterocycles. The van der Waals surface area contributed by atoms with Crippen LogP contribution in [-0.2, 0) is 0 Å². The van der Waals surface area contributed by atoms with Crippen molar-refractivity contribution in [2.24, 2.45) is 0 Å². The average molecular weight is 630 g/mol. The van der Waals surface area contributed by atoms with Crippen LogP contribution in [0.5, 0.6) is 0 Å². The normalized spacial score (nSPS) is 11.8. The minimum Gasteiger partial charge on any atom is -0.309 e. The summed E-state index contributed by atoms with van der Waals surface area (Å²) in [5, 5.41) is 6.19. The number of nitrogens with zero attached hydrogens (tertiary/aromatic N) is 3. The summed E-state index contributed by atoms with van der Waals surface area (Å²) >= 11 is 1.87. The zero-order chi connectivity index (χ0) is 31.6. The van der Waals surface area contributed by atoms with Crippen LogP contribution in [-0.4, -0.2) is 14.5 Å². The Kier molecular flexibility index (Phi) is 6.05. The summed E-state index contributed by atoms with van der Waals surface area (Å²) in [4.78, 5) is 10.2. The van der Waals surface area contributed by atoms with E-state index in [0.717, 1.165) is 39.2 Å². The Morgan fingerprint density at radius 1 is 0.396 bits per heavy atom. The van der Waals surface area contributed by atoms with Crippen LogP contribution in [0.25, 0.3) is 92.3 Å². The summed E-state index contributed by atoms with van der Waals surface area (Å²) in [7, 11) is 0. The Balaban J connectivity index is 1.10. The van der Waals surface area contributed by atoms with Crippen molar-refractivity contribution in [1.82, 2.24) is 14.5 Å². The molecule has 0 saturated heterocycles. The third-order valence-electron chi connectivity index (χ3n) is 9.42. The van der Waals surface area contributed by atoms with Crippen molar-refractivity contribution in [3.8, 4) is 39.5 Å². The number of fused-ring (bicyclic) bond motifs is 7. The van der Waals surface area contributed by atoms with Crippen molar-refractivity contribution < 1.29 is 0 Å². The van der Waals surface area contributed by atoms with E-state index in [2.05, 4.69) is 156 Å². The van der Waals surface area contributed by atoms with Gasteiger partial charge in [-0.25, -0.2) is 9.97 Å². The predicted octanol–water partition coefficient (Wildman–Crippen LogP) is 12.1.